The fraction of sp³-hybridized carbons (Fsp3) is 0.385. The number of nitriles is 1. The Balaban J connectivity index is 1.72. The molecule has 4 rings (SSSR count). The molecule has 9 nitrogen and oxygen atoms in total. The average molecular weight is 544 g/mol. The molecule has 1 amide bonds. The average Bonchev–Trinajstić information content (AvgIpc) is 3.53. The van der Waals surface area contributed by atoms with Crippen molar-refractivity contribution in [3.8, 4) is 11.9 Å². The lowest BCUT2D eigenvalue weighted by Crippen LogP contribution is -2.52. The normalized spacial score (nSPS) is 19.9. The topological polar surface area (TPSA) is 105 Å². The quantitative estimate of drug-likeness (QED) is 0.237. The number of carbonyl (C=O) groups is 1. The standard InChI is InChI=1S/C26H28ClF2N7O2/c1-3-31-24(37)21-8-5-11-35(21)22-14-36(34-23(22)17-9-10-20(27)16(2)12-17)26(32-15-30)33-18-6-4-7-19(13-18)38-25(28)29/h4,6-7,9-10,12-13,21-22,25H,3,5,8,11,14H2,1-2H3,(H,31,37)(H,32,33)/t21-,22?/m1/s1. The first kappa shape index (κ1) is 27.3. The number of benzene rings is 2. The van der Waals surface area contributed by atoms with Crippen molar-refractivity contribution in [2.45, 2.75) is 45.4 Å². The van der Waals surface area contributed by atoms with Crippen LogP contribution in [0.2, 0.25) is 5.02 Å². The molecule has 2 aromatic carbocycles. The number of ether oxygens (including phenoxy) is 1. The molecule has 2 atom stereocenters. The summed E-state index contributed by atoms with van der Waals surface area (Å²) in [4.78, 5) is 19.4. The number of nitrogens with one attached hydrogen (secondary N) is 2. The Morgan fingerprint density at radius 1 is 1.34 bits per heavy atom. The van der Waals surface area contributed by atoms with Gasteiger partial charge < -0.3 is 10.1 Å². The molecule has 0 saturated carbocycles. The molecule has 2 N–H and O–H groups in total. The third-order valence-electron chi connectivity index (χ3n) is 6.38. The van der Waals surface area contributed by atoms with E-state index in [1.807, 2.05) is 32.2 Å². The molecule has 2 heterocycles. The lowest BCUT2D eigenvalue weighted by atomic mass is 10.00. The summed E-state index contributed by atoms with van der Waals surface area (Å²) in [5, 5.41) is 21.9. The van der Waals surface area contributed by atoms with E-state index in [-0.39, 0.29) is 29.7 Å². The highest BCUT2D eigenvalue weighted by atomic mass is 35.5. The maximum atomic E-state index is 12.9. The first-order valence-electron chi connectivity index (χ1n) is 12.3. The third-order valence-corrected chi connectivity index (χ3v) is 6.81. The van der Waals surface area contributed by atoms with Crippen LogP contribution in [0.25, 0.3) is 0 Å². The van der Waals surface area contributed by atoms with E-state index in [4.69, 9.17) is 16.7 Å². The highest BCUT2D eigenvalue weighted by Gasteiger charge is 2.42. The summed E-state index contributed by atoms with van der Waals surface area (Å²) in [6.07, 6.45) is 3.46. The van der Waals surface area contributed by atoms with E-state index in [0.717, 1.165) is 24.0 Å². The van der Waals surface area contributed by atoms with Crippen molar-refractivity contribution in [3.63, 3.8) is 0 Å². The van der Waals surface area contributed by atoms with Gasteiger partial charge in [-0.3, -0.25) is 15.0 Å². The van der Waals surface area contributed by atoms with Gasteiger partial charge in [0.15, 0.2) is 6.19 Å². The number of aliphatic imine (C=N–C) groups is 1. The second kappa shape index (κ2) is 12.2. The van der Waals surface area contributed by atoms with Crippen LogP contribution in [0.1, 0.15) is 30.9 Å². The lowest BCUT2D eigenvalue weighted by molar-refractivity contribution is -0.125. The minimum absolute atomic E-state index is 0.0324. The fourth-order valence-electron chi connectivity index (χ4n) is 4.73. The van der Waals surface area contributed by atoms with Crippen molar-refractivity contribution in [1.29, 1.82) is 5.26 Å². The first-order chi connectivity index (χ1) is 18.3. The summed E-state index contributed by atoms with van der Waals surface area (Å²) in [6.45, 7) is 2.37. The van der Waals surface area contributed by atoms with E-state index in [9.17, 15) is 18.8 Å². The highest BCUT2D eigenvalue weighted by molar-refractivity contribution is 6.31. The number of hydrogen-bond acceptors (Lipinski definition) is 6. The zero-order valence-electron chi connectivity index (χ0n) is 21.0. The van der Waals surface area contributed by atoms with E-state index < -0.39 is 6.61 Å². The van der Waals surface area contributed by atoms with Crippen molar-refractivity contribution < 1.29 is 18.3 Å². The Morgan fingerprint density at radius 2 is 2.16 bits per heavy atom. The van der Waals surface area contributed by atoms with Gasteiger partial charge in [0, 0.05) is 17.6 Å². The fourth-order valence-corrected chi connectivity index (χ4v) is 4.84. The molecule has 0 radical (unpaired) electrons. The maximum absolute atomic E-state index is 12.9. The monoisotopic (exact) mass is 543 g/mol. The van der Waals surface area contributed by atoms with Crippen LogP contribution in [0.15, 0.2) is 52.6 Å². The first-order valence-corrected chi connectivity index (χ1v) is 12.6. The van der Waals surface area contributed by atoms with Gasteiger partial charge in [-0.1, -0.05) is 23.7 Å². The Morgan fingerprint density at radius 3 is 2.87 bits per heavy atom. The van der Waals surface area contributed by atoms with Gasteiger partial charge in [-0.15, -0.1) is 0 Å². The molecule has 2 aliphatic rings. The minimum Gasteiger partial charge on any atom is -0.435 e. The van der Waals surface area contributed by atoms with Crippen LogP contribution in [0.4, 0.5) is 14.5 Å². The Kier molecular flexibility index (Phi) is 8.76. The maximum Gasteiger partial charge on any atom is 0.387 e. The highest BCUT2D eigenvalue weighted by Crippen LogP contribution is 2.29. The third kappa shape index (κ3) is 6.20. The number of aryl methyl sites for hydroxylation is 1. The molecule has 200 valence electrons. The molecule has 38 heavy (non-hydrogen) atoms. The van der Waals surface area contributed by atoms with Gasteiger partial charge in [-0.2, -0.15) is 19.1 Å². The van der Waals surface area contributed by atoms with Crippen LogP contribution in [-0.2, 0) is 4.79 Å². The molecular weight excluding hydrogens is 516 g/mol. The summed E-state index contributed by atoms with van der Waals surface area (Å²) in [6, 6.07) is 10.9. The van der Waals surface area contributed by atoms with E-state index in [1.165, 1.54) is 18.2 Å². The van der Waals surface area contributed by atoms with E-state index in [2.05, 4.69) is 25.3 Å². The minimum atomic E-state index is -2.97. The van der Waals surface area contributed by atoms with Gasteiger partial charge in [0.1, 0.15) is 5.75 Å². The second-order valence-electron chi connectivity index (χ2n) is 8.89. The smallest absolute Gasteiger partial charge is 0.387 e. The van der Waals surface area contributed by atoms with Crippen molar-refractivity contribution in [1.82, 2.24) is 20.5 Å². The number of alkyl halides is 2. The molecule has 0 bridgehead atoms. The van der Waals surface area contributed by atoms with E-state index in [1.54, 1.807) is 17.1 Å². The number of rotatable bonds is 7. The van der Waals surface area contributed by atoms with Crippen LogP contribution in [-0.4, -0.2) is 65.8 Å². The Bertz CT molecular complexity index is 1280. The van der Waals surface area contributed by atoms with Crippen LogP contribution < -0.4 is 15.4 Å². The molecule has 2 aromatic rings. The molecule has 1 fully saturated rings. The number of carbonyl (C=O) groups excluding carboxylic acids is 1. The van der Waals surface area contributed by atoms with Gasteiger partial charge in [0.05, 0.1) is 30.0 Å². The van der Waals surface area contributed by atoms with Gasteiger partial charge >= 0.3 is 6.61 Å². The number of hydrazone groups is 1. The van der Waals surface area contributed by atoms with E-state index in [0.29, 0.717) is 36.1 Å². The number of likely N-dealkylation sites (N-methyl/N-ethyl adjacent to an activating group) is 1. The van der Waals surface area contributed by atoms with Gasteiger partial charge in [-0.05, 0) is 68.6 Å². The number of halogens is 3. The molecule has 0 spiro atoms. The zero-order chi connectivity index (χ0) is 27.2. The lowest BCUT2D eigenvalue weighted by Gasteiger charge is -2.30. The number of guanidine groups is 1. The predicted molar refractivity (Wildman–Crippen MR) is 141 cm³/mol. The van der Waals surface area contributed by atoms with Gasteiger partial charge in [0.2, 0.25) is 11.9 Å². The summed E-state index contributed by atoms with van der Waals surface area (Å²) >= 11 is 6.27. The van der Waals surface area contributed by atoms with Crippen LogP contribution in [0, 0.1) is 18.4 Å². The summed E-state index contributed by atoms with van der Waals surface area (Å²) < 4.78 is 29.8. The second-order valence-corrected chi connectivity index (χ2v) is 9.29. The Hall–Kier alpha value is -3.75. The molecule has 0 aliphatic carbocycles. The van der Waals surface area contributed by atoms with Gasteiger partial charge in [-0.25, -0.2) is 10.0 Å². The van der Waals surface area contributed by atoms with Crippen molar-refractivity contribution in [2.24, 2.45) is 10.1 Å². The molecule has 0 aromatic heterocycles. The van der Waals surface area contributed by atoms with Crippen LogP contribution in [0.5, 0.6) is 5.75 Å². The predicted octanol–water partition coefficient (Wildman–Crippen LogP) is 4.00. The molecule has 1 unspecified atom stereocenters. The summed E-state index contributed by atoms with van der Waals surface area (Å²) in [7, 11) is 0. The van der Waals surface area contributed by atoms with Crippen molar-refractivity contribution >= 4 is 34.9 Å². The number of likely N-dealkylation sites (tertiary alicyclic amines) is 1. The number of amides is 1. The largest absolute Gasteiger partial charge is 0.435 e. The SMILES string of the molecule is CCNC(=O)[C@H]1CCCN1C1CN(C(=Nc2cccc(OC(F)F)c2)NC#N)N=C1c1ccc(Cl)c(C)c1. The molecule has 1 saturated heterocycles. The molecular formula is C26H28ClF2N7O2. The Labute approximate surface area is 224 Å². The zero-order valence-corrected chi connectivity index (χ0v) is 21.8. The van der Waals surface area contributed by atoms with Crippen LogP contribution in [0.3, 0.4) is 0 Å². The molecule has 2 aliphatic heterocycles. The van der Waals surface area contributed by atoms with Gasteiger partial charge in [0.25, 0.3) is 0 Å². The number of nitrogens with zero attached hydrogens (tertiary/aromatic N) is 5. The van der Waals surface area contributed by atoms with Crippen molar-refractivity contribution in [3.05, 3.63) is 58.6 Å². The number of hydrogen-bond donors (Lipinski definition) is 2. The van der Waals surface area contributed by atoms with E-state index >= 15 is 0 Å². The summed E-state index contributed by atoms with van der Waals surface area (Å²) in [5.41, 5.74) is 2.73. The molecule has 12 heteroatoms. The van der Waals surface area contributed by atoms with Crippen molar-refractivity contribution in [2.75, 3.05) is 19.6 Å². The summed E-state index contributed by atoms with van der Waals surface area (Å²) in [5.74, 6) is 0.0237. The van der Waals surface area contributed by atoms with Crippen LogP contribution >= 0.6 is 11.6 Å².